The number of hydrogen-bond donors (Lipinski definition) is 2. The highest BCUT2D eigenvalue weighted by Gasteiger charge is 2.46. The number of thioether (sulfide) groups is 1. The third-order valence-electron chi connectivity index (χ3n) is 7.65. The molecule has 16 heteroatoms. The van der Waals surface area contributed by atoms with Gasteiger partial charge in [-0.05, 0) is 67.9 Å². The highest BCUT2D eigenvalue weighted by Crippen LogP contribution is 2.32. The highest BCUT2D eigenvalue weighted by atomic mass is 35.5. The van der Waals surface area contributed by atoms with Crippen molar-refractivity contribution in [1.82, 2.24) is 19.5 Å². The van der Waals surface area contributed by atoms with Gasteiger partial charge in [-0.15, -0.1) is 11.8 Å². The lowest BCUT2D eigenvalue weighted by molar-refractivity contribution is -0.146. The Hall–Kier alpha value is -3.92. The van der Waals surface area contributed by atoms with Crippen molar-refractivity contribution in [2.24, 2.45) is 0 Å². The molecule has 2 amide bonds. The molecule has 0 spiro atoms. The lowest BCUT2D eigenvalue weighted by Gasteiger charge is -2.34. The van der Waals surface area contributed by atoms with Gasteiger partial charge in [0.05, 0.1) is 9.92 Å². The number of pyridine rings is 1. The Morgan fingerprint density at radius 3 is 2.40 bits per heavy atom. The number of sulfonamides is 1. The number of halogens is 2. The minimum atomic E-state index is -4.76. The van der Waals surface area contributed by atoms with Crippen LogP contribution in [0.15, 0.2) is 71.8 Å². The van der Waals surface area contributed by atoms with Crippen LogP contribution in [0.2, 0.25) is 5.02 Å². The maximum Gasteiger partial charge on any atom is 0.415 e. The van der Waals surface area contributed by atoms with Crippen LogP contribution in [0.25, 0.3) is 0 Å². The van der Waals surface area contributed by atoms with Crippen LogP contribution >= 0.6 is 23.4 Å². The number of hydrogen-bond acceptors (Lipinski definition) is 10. The molecule has 2 aromatic carbocycles. The average molecular weight is 706 g/mol. The largest absolute Gasteiger partial charge is 0.480 e. The SMILES string of the molecule is CC1(C)CS[C@@H](C(=O)N([C@@H](Cc2ccc(OC(=O)N3CCN(c4ccccn4)CC3)c(Cl)c2)C(=O)O)S(=O)(=O)c2ccc(F)cc2)N1. The van der Waals surface area contributed by atoms with Crippen molar-refractivity contribution in [3.05, 3.63) is 83.3 Å². The zero-order valence-electron chi connectivity index (χ0n) is 25.5. The van der Waals surface area contributed by atoms with Crippen LogP contribution < -0.4 is 15.0 Å². The Morgan fingerprint density at radius 1 is 1.13 bits per heavy atom. The van der Waals surface area contributed by atoms with Crippen LogP contribution in [0, 0.1) is 5.82 Å². The van der Waals surface area contributed by atoms with Crippen molar-refractivity contribution >= 4 is 57.2 Å². The fraction of sp³-hybridized carbons (Fsp3) is 0.355. The van der Waals surface area contributed by atoms with Gasteiger partial charge in [-0.3, -0.25) is 10.1 Å². The number of rotatable bonds is 9. The van der Waals surface area contributed by atoms with E-state index < -0.39 is 62.1 Å². The number of nitrogens with zero attached hydrogens (tertiary/aromatic N) is 4. The second-order valence-electron chi connectivity index (χ2n) is 11.7. The molecule has 3 heterocycles. The Kier molecular flexibility index (Phi) is 10.3. The van der Waals surface area contributed by atoms with E-state index in [9.17, 15) is 32.3 Å². The van der Waals surface area contributed by atoms with Gasteiger partial charge in [0.25, 0.3) is 15.9 Å². The van der Waals surface area contributed by atoms with E-state index in [0.29, 0.717) is 36.2 Å². The maximum atomic E-state index is 13.8. The van der Waals surface area contributed by atoms with Crippen molar-refractivity contribution < 1.29 is 37.0 Å². The first kappa shape index (κ1) is 34.4. The van der Waals surface area contributed by atoms with Crippen molar-refractivity contribution in [2.45, 2.75) is 42.1 Å². The summed E-state index contributed by atoms with van der Waals surface area (Å²) in [6.45, 7) is 5.56. The third kappa shape index (κ3) is 7.97. The number of amides is 2. The lowest BCUT2D eigenvalue weighted by Crippen LogP contribution is -2.55. The van der Waals surface area contributed by atoms with Gasteiger partial charge in [-0.1, -0.05) is 23.7 Å². The molecule has 2 aliphatic heterocycles. The number of carbonyl (C=O) groups is 3. The molecule has 2 saturated heterocycles. The smallest absolute Gasteiger partial charge is 0.415 e. The number of anilines is 1. The van der Waals surface area contributed by atoms with Crippen molar-refractivity contribution in [1.29, 1.82) is 0 Å². The predicted molar refractivity (Wildman–Crippen MR) is 175 cm³/mol. The molecule has 0 unspecified atom stereocenters. The summed E-state index contributed by atoms with van der Waals surface area (Å²) in [7, 11) is -4.76. The molecule has 2 atom stereocenters. The standard InChI is InChI=1S/C31H33ClFN5O7S2/c1-31(2)19-46-27(35-31)28(39)38(47(43,44)22-9-7-21(33)8-10-22)24(29(40)41)18-20-6-11-25(23(32)17-20)45-30(42)37-15-13-36(14-16-37)26-5-3-4-12-34-26/h3-12,17,24,27,35H,13-16,18-19H2,1-2H3,(H,40,41)/t24-,27-/m0/s1. The summed E-state index contributed by atoms with van der Waals surface area (Å²) in [5.74, 6) is -1.94. The van der Waals surface area contributed by atoms with E-state index in [4.69, 9.17) is 16.3 Å². The number of carbonyl (C=O) groups excluding carboxylic acids is 2. The molecular weight excluding hydrogens is 673 g/mol. The Labute approximate surface area is 280 Å². The van der Waals surface area contributed by atoms with E-state index in [-0.39, 0.29) is 16.3 Å². The van der Waals surface area contributed by atoms with Gasteiger partial charge in [-0.2, -0.15) is 0 Å². The van der Waals surface area contributed by atoms with Crippen LogP contribution in [0.5, 0.6) is 5.75 Å². The number of carboxylic acid groups (broad SMARTS) is 1. The number of aromatic nitrogens is 1. The van der Waals surface area contributed by atoms with Crippen LogP contribution in [-0.4, -0.2) is 94.6 Å². The van der Waals surface area contributed by atoms with E-state index in [1.807, 2.05) is 32.0 Å². The van der Waals surface area contributed by atoms with Crippen LogP contribution in [0.4, 0.5) is 15.0 Å². The minimum absolute atomic E-state index is 0.0128. The summed E-state index contributed by atoms with van der Waals surface area (Å²) < 4.78 is 47.2. The topological polar surface area (TPSA) is 149 Å². The summed E-state index contributed by atoms with van der Waals surface area (Å²) in [6.07, 6.45) is 0.633. The fourth-order valence-corrected chi connectivity index (χ4v) is 8.39. The molecular formula is C31H33ClFN5O7S2. The zero-order valence-corrected chi connectivity index (χ0v) is 27.9. The molecule has 5 rings (SSSR count). The monoisotopic (exact) mass is 705 g/mol. The molecule has 12 nitrogen and oxygen atoms in total. The van der Waals surface area contributed by atoms with E-state index in [0.717, 1.165) is 41.8 Å². The van der Waals surface area contributed by atoms with Crippen molar-refractivity contribution in [3.8, 4) is 5.75 Å². The second kappa shape index (κ2) is 14.1. The molecule has 0 bridgehead atoms. The van der Waals surface area contributed by atoms with Crippen LogP contribution in [0.3, 0.4) is 0 Å². The van der Waals surface area contributed by atoms with Crippen LogP contribution in [-0.2, 0) is 26.0 Å². The molecule has 47 heavy (non-hydrogen) atoms. The van der Waals surface area contributed by atoms with E-state index >= 15 is 0 Å². The summed E-state index contributed by atoms with van der Waals surface area (Å²) in [5.41, 5.74) is -0.242. The third-order valence-corrected chi connectivity index (χ3v) is 11.3. The molecule has 3 aromatic rings. The molecule has 0 saturated carbocycles. The lowest BCUT2D eigenvalue weighted by atomic mass is 10.1. The van der Waals surface area contributed by atoms with Gasteiger partial charge < -0.3 is 19.6 Å². The predicted octanol–water partition coefficient (Wildman–Crippen LogP) is 3.85. The van der Waals surface area contributed by atoms with E-state index in [1.54, 1.807) is 6.20 Å². The normalized spacial score (nSPS) is 18.4. The Bertz CT molecular complexity index is 1740. The molecule has 250 valence electrons. The average Bonchev–Trinajstić information content (AvgIpc) is 3.42. The van der Waals surface area contributed by atoms with Gasteiger partial charge in [0.15, 0.2) is 5.75 Å². The summed E-state index contributed by atoms with van der Waals surface area (Å²) in [6, 6.07) is 11.7. The Morgan fingerprint density at radius 2 is 1.83 bits per heavy atom. The molecule has 0 aliphatic carbocycles. The first-order valence-electron chi connectivity index (χ1n) is 14.6. The summed E-state index contributed by atoms with van der Waals surface area (Å²) in [4.78, 5) is 46.8. The van der Waals surface area contributed by atoms with Gasteiger partial charge in [0.1, 0.15) is 23.1 Å². The quantitative estimate of drug-likeness (QED) is 0.334. The number of carboxylic acids is 1. The molecule has 2 N–H and O–H groups in total. The molecule has 1 aromatic heterocycles. The maximum absolute atomic E-state index is 13.8. The molecule has 2 aliphatic rings. The fourth-order valence-electron chi connectivity index (χ4n) is 5.20. The number of nitrogens with one attached hydrogen (secondary N) is 1. The van der Waals surface area contributed by atoms with Crippen molar-refractivity contribution in [3.63, 3.8) is 0 Å². The summed E-state index contributed by atoms with van der Waals surface area (Å²) in [5, 5.41) is 12.3. The number of ether oxygens (including phenoxy) is 1. The van der Waals surface area contributed by atoms with Crippen molar-refractivity contribution in [2.75, 3.05) is 36.8 Å². The van der Waals surface area contributed by atoms with E-state index in [2.05, 4.69) is 15.2 Å². The van der Waals surface area contributed by atoms with Crippen LogP contribution in [0.1, 0.15) is 19.4 Å². The Balaban J connectivity index is 1.34. The van der Waals surface area contributed by atoms with Gasteiger partial charge in [0.2, 0.25) is 0 Å². The first-order valence-corrected chi connectivity index (χ1v) is 17.5. The number of piperazine rings is 1. The highest BCUT2D eigenvalue weighted by molar-refractivity contribution is 8.01. The second-order valence-corrected chi connectivity index (χ2v) is 15.0. The molecule has 0 radical (unpaired) electrons. The summed E-state index contributed by atoms with van der Waals surface area (Å²) >= 11 is 7.61. The number of aliphatic carboxylic acids is 1. The van der Waals surface area contributed by atoms with Gasteiger partial charge in [-0.25, -0.2) is 31.7 Å². The zero-order chi connectivity index (χ0) is 33.9. The van der Waals surface area contributed by atoms with Gasteiger partial charge in [0, 0.05) is 50.1 Å². The minimum Gasteiger partial charge on any atom is -0.480 e. The number of benzene rings is 2. The molecule has 2 fully saturated rings. The van der Waals surface area contributed by atoms with E-state index in [1.165, 1.54) is 23.1 Å². The van der Waals surface area contributed by atoms with Gasteiger partial charge >= 0.3 is 12.1 Å². The first-order chi connectivity index (χ1) is 22.2.